The van der Waals surface area contributed by atoms with Gasteiger partial charge in [-0.3, -0.25) is 4.57 Å². The van der Waals surface area contributed by atoms with Crippen molar-refractivity contribution in [3.63, 3.8) is 0 Å². The minimum atomic E-state index is -3.15. The first kappa shape index (κ1) is 18.4. The van der Waals surface area contributed by atoms with E-state index in [-0.39, 0.29) is 18.4 Å². The fourth-order valence-corrected chi connectivity index (χ4v) is 2.79. The summed E-state index contributed by atoms with van der Waals surface area (Å²) in [4.78, 5) is 11.2. The van der Waals surface area contributed by atoms with Crippen LogP contribution in [0.1, 0.15) is 41.5 Å². The second kappa shape index (κ2) is 8.51. The number of hydrogen-bond donors (Lipinski definition) is 0. The molecule has 1 unspecified atom stereocenters. The molecule has 0 aliphatic carbocycles. The van der Waals surface area contributed by atoms with Gasteiger partial charge in [0.1, 0.15) is 0 Å². The van der Waals surface area contributed by atoms with Crippen LogP contribution in [-0.4, -0.2) is 30.9 Å². The molecular formula is C13H25O5P. The van der Waals surface area contributed by atoms with Gasteiger partial charge < -0.3 is 13.8 Å². The minimum absolute atomic E-state index is 0.0843. The molecule has 0 spiro atoms. The Morgan fingerprint density at radius 1 is 1.26 bits per heavy atom. The average Bonchev–Trinajstić information content (AvgIpc) is 2.25. The highest BCUT2D eigenvalue weighted by Gasteiger charge is 2.30. The summed E-state index contributed by atoms with van der Waals surface area (Å²) in [6.45, 7) is 11.0. The molecule has 0 saturated heterocycles. The van der Waals surface area contributed by atoms with Crippen molar-refractivity contribution < 1.29 is 23.1 Å². The zero-order valence-corrected chi connectivity index (χ0v) is 13.5. The fraction of sp³-hybridized carbons (Fsp3) is 0.769. The molecule has 0 aromatic carbocycles. The molecule has 0 heterocycles. The van der Waals surface area contributed by atoms with Gasteiger partial charge in [-0.1, -0.05) is 13.8 Å². The summed E-state index contributed by atoms with van der Waals surface area (Å²) in [5.41, 5.74) is 0.414. The molecule has 112 valence electrons. The molecule has 19 heavy (non-hydrogen) atoms. The van der Waals surface area contributed by atoms with E-state index >= 15 is 0 Å². The molecule has 6 heteroatoms. The maximum atomic E-state index is 12.5. The Bertz CT molecular complexity index is 360. The molecule has 0 aromatic rings. The molecule has 1 atom stereocenters. The molecule has 5 nitrogen and oxygen atoms in total. The Morgan fingerprint density at radius 2 is 1.84 bits per heavy atom. The molecule has 0 aromatic heterocycles. The van der Waals surface area contributed by atoms with Crippen molar-refractivity contribution in [3.05, 3.63) is 11.6 Å². The van der Waals surface area contributed by atoms with Gasteiger partial charge in [-0.05, 0) is 33.3 Å². The second-order valence-electron chi connectivity index (χ2n) is 4.80. The zero-order valence-electron chi connectivity index (χ0n) is 12.6. The van der Waals surface area contributed by atoms with Gasteiger partial charge in [0.15, 0.2) is 0 Å². The number of carbonyl (C=O) groups excluding carboxylic acids is 1. The van der Waals surface area contributed by atoms with E-state index in [9.17, 15) is 9.36 Å². The monoisotopic (exact) mass is 292 g/mol. The molecule has 0 radical (unpaired) electrons. The Balaban J connectivity index is 4.57. The van der Waals surface area contributed by atoms with Crippen LogP contribution in [-0.2, 0) is 23.1 Å². The number of esters is 1. The van der Waals surface area contributed by atoms with Gasteiger partial charge in [0, 0.05) is 6.08 Å². The smallest absolute Gasteiger partial charge is 0.333 e. The van der Waals surface area contributed by atoms with Crippen LogP contribution in [0.15, 0.2) is 11.6 Å². The first-order valence-corrected chi connectivity index (χ1v) is 8.09. The van der Waals surface area contributed by atoms with E-state index in [4.69, 9.17) is 13.8 Å². The van der Waals surface area contributed by atoms with Crippen LogP contribution in [0.3, 0.4) is 0 Å². The third-order valence-corrected chi connectivity index (χ3v) is 4.58. The lowest BCUT2D eigenvalue weighted by Gasteiger charge is -2.23. The Kier molecular flexibility index (Phi) is 8.23. The molecule has 0 bridgehead atoms. The molecule has 0 rings (SSSR count). The largest absolute Gasteiger partial charge is 0.463 e. The van der Waals surface area contributed by atoms with Gasteiger partial charge in [-0.15, -0.1) is 0 Å². The highest BCUT2D eigenvalue weighted by molar-refractivity contribution is 7.54. The molecule has 0 saturated carbocycles. The normalized spacial score (nSPS) is 15.7. The van der Waals surface area contributed by atoms with E-state index in [1.165, 1.54) is 6.08 Å². The summed E-state index contributed by atoms with van der Waals surface area (Å²) in [5.74, 6) is -0.423. The third-order valence-electron chi connectivity index (χ3n) is 2.11. The van der Waals surface area contributed by atoms with E-state index in [0.717, 1.165) is 0 Å². The number of ether oxygens (including phenoxy) is 1. The van der Waals surface area contributed by atoms with Gasteiger partial charge >= 0.3 is 13.6 Å². The van der Waals surface area contributed by atoms with E-state index in [0.29, 0.717) is 12.2 Å². The highest BCUT2D eigenvalue weighted by atomic mass is 31.2. The molecule has 0 aliphatic heterocycles. The van der Waals surface area contributed by atoms with Crippen molar-refractivity contribution in [2.24, 2.45) is 0 Å². The van der Waals surface area contributed by atoms with Crippen LogP contribution in [0.5, 0.6) is 0 Å². The van der Waals surface area contributed by atoms with Crippen molar-refractivity contribution >= 4 is 13.6 Å². The van der Waals surface area contributed by atoms with E-state index in [1.807, 2.05) is 0 Å². The summed E-state index contributed by atoms with van der Waals surface area (Å²) in [6, 6.07) is 0. The van der Waals surface area contributed by atoms with E-state index in [2.05, 4.69) is 0 Å². The zero-order chi connectivity index (χ0) is 15.1. The van der Waals surface area contributed by atoms with Crippen molar-refractivity contribution in [3.8, 4) is 0 Å². The van der Waals surface area contributed by atoms with E-state index < -0.39 is 13.6 Å². The van der Waals surface area contributed by atoms with Gasteiger partial charge in [-0.2, -0.15) is 0 Å². The van der Waals surface area contributed by atoms with Crippen LogP contribution in [0.4, 0.5) is 0 Å². The number of hydrogen-bond acceptors (Lipinski definition) is 5. The predicted molar refractivity (Wildman–Crippen MR) is 75.3 cm³/mol. The van der Waals surface area contributed by atoms with Gasteiger partial charge in [-0.25, -0.2) is 4.79 Å². The first-order chi connectivity index (χ1) is 8.71. The first-order valence-electron chi connectivity index (χ1n) is 6.47. The Labute approximate surface area is 115 Å². The fourth-order valence-electron chi connectivity index (χ4n) is 1.21. The van der Waals surface area contributed by atoms with Gasteiger partial charge in [0.2, 0.25) is 0 Å². The Morgan fingerprint density at radius 3 is 2.26 bits per heavy atom. The summed E-state index contributed by atoms with van der Waals surface area (Å²) in [5, 5.41) is 0. The lowest BCUT2D eigenvalue weighted by molar-refractivity contribution is -0.137. The molecule has 0 aliphatic rings. The number of carbonyl (C=O) groups is 1. The molecule has 0 fully saturated rings. The summed E-state index contributed by atoms with van der Waals surface area (Å²) >= 11 is 0. The van der Waals surface area contributed by atoms with Gasteiger partial charge in [0.05, 0.1) is 25.0 Å². The maximum absolute atomic E-state index is 12.5. The minimum Gasteiger partial charge on any atom is -0.463 e. The highest BCUT2D eigenvalue weighted by Crippen LogP contribution is 2.53. The summed E-state index contributed by atoms with van der Waals surface area (Å²) < 4.78 is 28.0. The topological polar surface area (TPSA) is 61.8 Å². The lowest BCUT2D eigenvalue weighted by atomic mass is 10.3. The molecule has 0 N–H and O–H groups in total. The molecular weight excluding hydrogens is 267 g/mol. The van der Waals surface area contributed by atoms with Crippen LogP contribution >= 0.6 is 7.60 Å². The second-order valence-corrected chi connectivity index (χ2v) is 7.39. The quantitative estimate of drug-likeness (QED) is 0.389. The van der Waals surface area contributed by atoms with Crippen molar-refractivity contribution in [2.75, 3.05) is 13.2 Å². The van der Waals surface area contributed by atoms with Crippen LogP contribution in [0, 0.1) is 0 Å². The van der Waals surface area contributed by atoms with Crippen LogP contribution in [0.25, 0.3) is 0 Å². The maximum Gasteiger partial charge on any atom is 0.333 e. The lowest BCUT2D eigenvalue weighted by Crippen LogP contribution is -2.12. The number of rotatable bonds is 8. The Hall–Kier alpha value is -0.640. The third kappa shape index (κ3) is 7.51. The predicted octanol–water partition coefficient (Wildman–Crippen LogP) is 3.54. The summed E-state index contributed by atoms with van der Waals surface area (Å²) in [7, 11) is -3.15. The van der Waals surface area contributed by atoms with Crippen molar-refractivity contribution in [1.29, 1.82) is 0 Å². The average molecular weight is 292 g/mol. The SMILES string of the molecule is CCOC(=O)C=C(C)COP(=O)(OC(C)C)C(C)C. The van der Waals surface area contributed by atoms with Crippen LogP contribution < -0.4 is 0 Å². The van der Waals surface area contributed by atoms with E-state index in [1.54, 1.807) is 41.5 Å². The van der Waals surface area contributed by atoms with Crippen molar-refractivity contribution in [1.82, 2.24) is 0 Å². The van der Waals surface area contributed by atoms with Crippen LogP contribution in [0.2, 0.25) is 0 Å². The summed E-state index contributed by atoms with van der Waals surface area (Å²) in [6.07, 6.45) is 1.16. The standard InChI is InChI=1S/C13H25O5P/c1-7-16-13(14)8-12(6)9-17-19(15,11(4)5)18-10(2)3/h8,10-11H,7,9H2,1-6H3. The van der Waals surface area contributed by atoms with Crippen molar-refractivity contribution in [2.45, 2.75) is 53.3 Å². The van der Waals surface area contributed by atoms with Gasteiger partial charge in [0.25, 0.3) is 0 Å². The molecule has 0 amide bonds.